The van der Waals surface area contributed by atoms with Gasteiger partial charge in [-0.25, -0.2) is 4.79 Å². The first-order valence-electron chi connectivity index (χ1n) is 4.59. The summed E-state index contributed by atoms with van der Waals surface area (Å²) in [7, 11) is -0.824. The zero-order valence-corrected chi connectivity index (χ0v) is 10.0. The first-order valence-corrected chi connectivity index (χ1v) is 6.38. The highest BCUT2D eigenvalue weighted by Gasteiger charge is 2.33. The van der Waals surface area contributed by atoms with Crippen molar-refractivity contribution in [2.24, 2.45) is 0 Å². The summed E-state index contributed by atoms with van der Waals surface area (Å²) in [5.74, 6) is -1.23. The molecular formula is C11H9ClO3S. The van der Waals surface area contributed by atoms with Crippen LogP contribution < -0.4 is 0 Å². The van der Waals surface area contributed by atoms with Crippen LogP contribution in [-0.4, -0.2) is 26.9 Å². The molecule has 0 aliphatic carbocycles. The fourth-order valence-corrected chi connectivity index (χ4v) is 3.87. The number of Topliss-reactive ketones (excluding diaryl/α,β-unsaturated/α-hetero) is 1. The maximum Gasteiger partial charge on any atom is 0.334 e. The summed E-state index contributed by atoms with van der Waals surface area (Å²) in [6.45, 7) is 1.88. The molecular weight excluding hydrogens is 248 g/mol. The van der Waals surface area contributed by atoms with Crippen LogP contribution in [0, 0.1) is 6.92 Å². The van der Waals surface area contributed by atoms with E-state index in [4.69, 9.17) is 16.7 Å². The molecule has 2 rings (SSSR count). The van der Waals surface area contributed by atoms with Crippen molar-refractivity contribution in [2.75, 3.05) is 0 Å². The summed E-state index contributed by atoms with van der Waals surface area (Å²) in [6.07, 6.45) is 0. The lowest BCUT2D eigenvalue weighted by molar-refractivity contribution is -0.128. The minimum atomic E-state index is -1.05. The Morgan fingerprint density at radius 3 is 2.88 bits per heavy atom. The number of aliphatic carboxylic acids is 1. The third-order valence-corrected chi connectivity index (χ3v) is 5.06. The molecule has 16 heavy (non-hydrogen) atoms. The Labute approximate surface area is 100.0 Å². The number of halogens is 1. The lowest BCUT2D eigenvalue weighted by Gasteiger charge is -2.03. The summed E-state index contributed by atoms with van der Waals surface area (Å²) in [5.41, 5.74) is 1.53. The maximum atomic E-state index is 11.8. The number of carboxylic acids is 1. The van der Waals surface area contributed by atoms with Crippen LogP contribution in [0.2, 0.25) is 0 Å². The minimum Gasteiger partial charge on any atom is -0.478 e. The molecule has 1 aromatic carbocycles. The minimum absolute atomic E-state index is 0.179. The Balaban J connectivity index is 2.63. The Hall–Kier alpha value is -1.13. The Morgan fingerprint density at radius 2 is 2.25 bits per heavy atom. The number of carbonyl (C=O) groups is 2. The van der Waals surface area contributed by atoms with Crippen LogP contribution in [0.15, 0.2) is 23.1 Å². The van der Waals surface area contributed by atoms with Crippen LogP contribution in [-0.2, 0) is 4.79 Å². The van der Waals surface area contributed by atoms with E-state index in [2.05, 4.69) is 0 Å². The van der Waals surface area contributed by atoms with Gasteiger partial charge in [0.25, 0.3) is 0 Å². The van der Waals surface area contributed by atoms with Gasteiger partial charge in [-0.05, 0) is 19.1 Å². The fourth-order valence-electron chi connectivity index (χ4n) is 1.62. The number of fused-ring (bicyclic) bond motifs is 1. The van der Waals surface area contributed by atoms with E-state index in [-0.39, 0.29) is 5.78 Å². The van der Waals surface area contributed by atoms with Gasteiger partial charge in [0.2, 0.25) is 0 Å². The molecule has 0 bridgehead atoms. The van der Waals surface area contributed by atoms with Crippen molar-refractivity contribution in [3.63, 3.8) is 0 Å². The van der Waals surface area contributed by atoms with Crippen LogP contribution >= 0.6 is 22.1 Å². The lowest BCUT2D eigenvalue weighted by Crippen LogP contribution is -2.06. The standard InChI is InChI=1S/C11H9ClO3S/c1-6-2-3-8-7(4-6)10(15)11(12)16(8)5-9(13)14/h2-5,11H,1H3,(H,13,14). The second-order valence-corrected chi connectivity index (χ2v) is 6.09. The molecule has 1 heterocycles. The van der Waals surface area contributed by atoms with Gasteiger partial charge in [-0.1, -0.05) is 11.6 Å². The molecule has 1 aromatic rings. The van der Waals surface area contributed by atoms with Crippen LogP contribution in [0.1, 0.15) is 15.9 Å². The highest BCUT2D eigenvalue weighted by atomic mass is 35.5. The second-order valence-electron chi connectivity index (χ2n) is 3.51. The van der Waals surface area contributed by atoms with E-state index in [0.717, 1.165) is 15.8 Å². The summed E-state index contributed by atoms with van der Waals surface area (Å²) >= 11 is 5.96. The molecule has 1 aliphatic heterocycles. The molecule has 1 N–H and O–H groups in total. The molecule has 0 aromatic heterocycles. The van der Waals surface area contributed by atoms with Crippen LogP contribution in [0.3, 0.4) is 0 Å². The molecule has 3 nitrogen and oxygen atoms in total. The fraction of sp³-hybridized carbons (Fsp3) is 0.182. The van der Waals surface area contributed by atoms with E-state index < -0.39 is 21.2 Å². The topological polar surface area (TPSA) is 54.4 Å². The third kappa shape index (κ3) is 1.79. The first kappa shape index (κ1) is 11.4. The average Bonchev–Trinajstić information content (AvgIpc) is 2.43. The quantitative estimate of drug-likeness (QED) is 0.619. The normalized spacial score (nSPS) is 23.5. The summed E-state index contributed by atoms with van der Waals surface area (Å²) in [6, 6.07) is 5.40. The molecule has 5 heteroatoms. The van der Waals surface area contributed by atoms with Crippen LogP contribution in [0.5, 0.6) is 0 Å². The zero-order chi connectivity index (χ0) is 11.9. The Kier molecular flexibility index (Phi) is 2.86. The number of rotatable bonds is 1. The third-order valence-electron chi connectivity index (χ3n) is 2.31. The smallest absolute Gasteiger partial charge is 0.334 e. The molecule has 84 valence electrons. The van der Waals surface area contributed by atoms with Gasteiger partial charge in [0.1, 0.15) is 4.71 Å². The van der Waals surface area contributed by atoms with Crippen molar-refractivity contribution in [2.45, 2.75) is 16.5 Å². The van der Waals surface area contributed by atoms with Crippen molar-refractivity contribution in [3.05, 3.63) is 29.3 Å². The number of aryl methyl sites for hydroxylation is 1. The summed E-state index contributed by atoms with van der Waals surface area (Å²) in [4.78, 5) is 23.2. The highest BCUT2D eigenvalue weighted by molar-refractivity contribution is 8.18. The highest BCUT2D eigenvalue weighted by Crippen LogP contribution is 2.44. The molecule has 2 unspecified atom stereocenters. The number of ketones is 1. The number of hydrogen-bond acceptors (Lipinski definition) is 2. The maximum absolute atomic E-state index is 11.8. The van der Waals surface area contributed by atoms with Gasteiger partial charge >= 0.3 is 5.97 Å². The van der Waals surface area contributed by atoms with E-state index in [1.807, 2.05) is 13.0 Å². The monoisotopic (exact) mass is 256 g/mol. The molecule has 0 fully saturated rings. The number of benzene rings is 1. The van der Waals surface area contributed by atoms with Crippen molar-refractivity contribution >= 4 is 39.2 Å². The van der Waals surface area contributed by atoms with Gasteiger partial charge in [-0.3, -0.25) is 4.79 Å². The molecule has 1 aliphatic rings. The van der Waals surface area contributed by atoms with Gasteiger partial charge in [-0.15, -0.1) is 22.1 Å². The summed E-state index contributed by atoms with van der Waals surface area (Å²) < 4.78 is -0.770. The number of carboxylic acid groups (broad SMARTS) is 1. The number of hydrogen-bond donors (Lipinski definition) is 1. The molecule has 2 atom stereocenters. The van der Waals surface area contributed by atoms with Crippen LogP contribution in [0.4, 0.5) is 0 Å². The molecule has 0 spiro atoms. The van der Waals surface area contributed by atoms with Gasteiger partial charge in [0.15, 0.2) is 5.78 Å². The molecule has 0 saturated heterocycles. The Bertz CT molecular complexity index is 522. The SMILES string of the molecule is Cc1ccc2c(c1)C(=O)C(Cl)S2=CC(=O)O. The predicted octanol–water partition coefficient (Wildman–Crippen LogP) is 2.27. The van der Waals surface area contributed by atoms with E-state index >= 15 is 0 Å². The molecule has 0 radical (unpaired) electrons. The number of carbonyl (C=O) groups excluding carboxylic acids is 1. The van der Waals surface area contributed by atoms with Gasteiger partial charge in [0.05, 0.1) is 5.37 Å². The van der Waals surface area contributed by atoms with Gasteiger partial charge in [-0.2, -0.15) is 0 Å². The van der Waals surface area contributed by atoms with E-state index in [1.165, 1.54) is 0 Å². The first-order chi connectivity index (χ1) is 7.50. The molecule has 0 amide bonds. The largest absolute Gasteiger partial charge is 0.478 e. The van der Waals surface area contributed by atoms with E-state index in [0.29, 0.717) is 5.56 Å². The Morgan fingerprint density at radius 1 is 1.56 bits per heavy atom. The van der Waals surface area contributed by atoms with Crippen molar-refractivity contribution < 1.29 is 14.7 Å². The van der Waals surface area contributed by atoms with Gasteiger partial charge in [0, 0.05) is 10.5 Å². The van der Waals surface area contributed by atoms with E-state index in [9.17, 15) is 9.59 Å². The lowest BCUT2D eigenvalue weighted by atomic mass is 10.1. The predicted molar refractivity (Wildman–Crippen MR) is 64.7 cm³/mol. The molecule has 0 saturated carbocycles. The average molecular weight is 257 g/mol. The van der Waals surface area contributed by atoms with Gasteiger partial charge < -0.3 is 5.11 Å². The van der Waals surface area contributed by atoms with Crippen LogP contribution in [0.25, 0.3) is 0 Å². The second kappa shape index (κ2) is 4.03. The number of alkyl halides is 1. The van der Waals surface area contributed by atoms with Crippen molar-refractivity contribution in [1.29, 1.82) is 0 Å². The zero-order valence-electron chi connectivity index (χ0n) is 8.44. The van der Waals surface area contributed by atoms with Crippen molar-refractivity contribution in [1.82, 2.24) is 0 Å². The summed E-state index contributed by atoms with van der Waals surface area (Å²) in [5, 5.41) is 9.85. The van der Waals surface area contributed by atoms with E-state index in [1.54, 1.807) is 12.1 Å². The van der Waals surface area contributed by atoms with Crippen molar-refractivity contribution in [3.8, 4) is 0 Å².